The van der Waals surface area contributed by atoms with Crippen LogP contribution in [0.2, 0.25) is 0 Å². The lowest BCUT2D eigenvalue weighted by Gasteiger charge is -2.35. The number of amides is 2. The number of rotatable bonds is 4. The summed E-state index contributed by atoms with van der Waals surface area (Å²) in [6.45, 7) is 0.637. The van der Waals surface area contributed by atoms with Gasteiger partial charge in [-0.1, -0.05) is 30.3 Å². The van der Waals surface area contributed by atoms with Crippen LogP contribution in [0.3, 0.4) is 0 Å². The molecule has 1 aliphatic rings. The second kappa shape index (κ2) is 7.22. The molecule has 1 aromatic carbocycles. The molecule has 0 radical (unpaired) electrons. The second-order valence-corrected chi connectivity index (χ2v) is 5.43. The Balaban J connectivity index is 2.02. The van der Waals surface area contributed by atoms with E-state index >= 15 is 0 Å². The number of piperidine rings is 1. The third kappa shape index (κ3) is 3.82. The van der Waals surface area contributed by atoms with Gasteiger partial charge in [0.15, 0.2) is 0 Å². The number of nitrogens with one attached hydrogen (secondary N) is 1. The summed E-state index contributed by atoms with van der Waals surface area (Å²) in [5.74, 6) is -0.129. The average molecular weight is 289 g/mol. The maximum absolute atomic E-state index is 12.5. The van der Waals surface area contributed by atoms with Gasteiger partial charge in [0.25, 0.3) is 0 Å². The molecule has 1 saturated heterocycles. The Morgan fingerprint density at radius 3 is 2.71 bits per heavy atom. The maximum Gasteiger partial charge on any atom is 0.242 e. The first-order valence-corrected chi connectivity index (χ1v) is 7.45. The predicted molar refractivity (Wildman–Crippen MR) is 81.4 cm³/mol. The van der Waals surface area contributed by atoms with Crippen molar-refractivity contribution in [1.29, 1.82) is 0 Å². The van der Waals surface area contributed by atoms with E-state index in [1.807, 2.05) is 30.3 Å². The Hall–Kier alpha value is -1.88. The van der Waals surface area contributed by atoms with Gasteiger partial charge in [0, 0.05) is 26.1 Å². The van der Waals surface area contributed by atoms with E-state index < -0.39 is 0 Å². The number of carbonyl (C=O) groups is 2. The molecule has 0 bridgehead atoms. The third-order valence-corrected chi connectivity index (χ3v) is 3.99. The van der Waals surface area contributed by atoms with Crippen LogP contribution >= 0.6 is 0 Å². The lowest BCUT2D eigenvalue weighted by Crippen LogP contribution is -2.51. The average Bonchev–Trinajstić information content (AvgIpc) is 2.54. The fourth-order valence-electron chi connectivity index (χ4n) is 2.79. The van der Waals surface area contributed by atoms with E-state index in [2.05, 4.69) is 5.32 Å². The van der Waals surface area contributed by atoms with Crippen molar-refractivity contribution in [2.45, 2.75) is 37.8 Å². The summed E-state index contributed by atoms with van der Waals surface area (Å²) < 4.78 is 0. The van der Waals surface area contributed by atoms with Crippen LogP contribution in [-0.4, -0.2) is 36.3 Å². The van der Waals surface area contributed by atoms with Crippen molar-refractivity contribution in [3.8, 4) is 0 Å². The van der Waals surface area contributed by atoms with E-state index in [0.29, 0.717) is 6.54 Å². The fourth-order valence-corrected chi connectivity index (χ4v) is 2.79. The molecule has 1 aliphatic heterocycles. The number of benzene rings is 1. The van der Waals surface area contributed by atoms with Crippen LogP contribution in [0.25, 0.3) is 0 Å². The monoisotopic (exact) mass is 289 g/mol. The molecule has 114 valence electrons. The van der Waals surface area contributed by atoms with Crippen molar-refractivity contribution in [2.75, 3.05) is 13.6 Å². The zero-order valence-electron chi connectivity index (χ0n) is 12.4. The highest BCUT2D eigenvalue weighted by Crippen LogP contribution is 2.21. The molecule has 0 saturated carbocycles. The molecular weight excluding hydrogens is 266 g/mol. The number of carbonyl (C=O) groups excluding carboxylic acids is 2. The number of likely N-dealkylation sites (tertiary alicyclic amines) is 1. The number of nitrogens with zero attached hydrogens (tertiary/aromatic N) is 1. The Labute approximate surface area is 125 Å². The van der Waals surface area contributed by atoms with Crippen LogP contribution in [-0.2, 0) is 9.59 Å². The summed E-state index contributed by atoms with van der Waals surface area (Å²) in [5, 5.41) is 2.64. The molecule has 21 heavy (non-hydrogen) atoms. The molecule has 0 aliphatic carbocycles. The number of hydrogen-bond donors (Lipinski definition) is 2. The van der Waals surface area contributed by atoms with Crippen LogP contribution < -0.4 is 11.1 Å². The molecule has 1 heterocycles. The standard InChI is InChI=1S/C16H23N3O2/c1-18-16(21)14-9-5-6-10-19(14)15(20)11-13(17)12-7-3-2-4-8-12/h2-4,7-8,13-14H,5-6,9-11,17H2,1H3,(H,18,21). The van der Waals surface area contributed by atoms with E-state index in [1.54, 1.807) is 11.9 Å². The van der Waals surface area contributed by atoms with E-state index in [9.17, 15) is 9.59 Å². The maximum atomic E-state index is 12.5. The van der Waals surface area contributed by atoms with E-state index in [1.165, 1.54) is 0 Å². The molecule has 1 fully saturated rings. The highest BCUT2D eigenvalue weighted by Gasteiger charge is 2.32. The summed E-state index contributed by atoms with van der Waals surface area (Å²) in [6.07, 6.45) is 2.88. The third-order valence-electron chi connectivity index (χ3n) is 3.99. The molecule has 5 nitrogen and oxygen atoms in total. The Bertz CT molecular complexity index is 490. The highest BCUT2D eigenvalue weighted by molar-refractivity contribution is 5.88. The van der Waals surface area contributed by atoms with Crippen molar-refractivity contribution < 1.29 is 9.59 Å². The number of likely N-dealkylation sites (N-methyl/N-ethyl adjacent to an activating group) is 1. The fraction of sp³-hybridized carbons (Fsp3) is 0.500. The van der Waals surface area contributed by atoms with Gasteiger partial charge in [-0.2, -0.15) is 0 Å². The van der Waals surface area contributed by atoms with E-state index in [4.69, 9.17) is 5.73 Å². The van der Waals surface area contributed by atoms with Crippen LogP contribution in [0.1, 0.15) is 37.3 Å². The first-order valence-electron chi connectivity index (χ1n) is 7.45. The molecule has 2 unspecified atom stereocenters. The summed E-state index contributed by atoms with van der Waals surface area (Å²) in [6, 6.07) is 8.91. The van der Waals surface area contributed by atoms with Gasteiger partial charge in [-0.05, 0) is 24.8 Å². The van der Waals surface area contributed by atoms with Crippen molar-refractivity contribution in [2.24, 2.45) is 5.73 Å². The molecular formula is C16H23N3O2. The minimum atomic E-state index is -0.348. The quantitative estimate of drug-likeness (QED) is 0.874. The summed E-state index contributed by atoms with van der Waals surface area (Å²) in [5.41, 5.74) is 7.05. The zero-order chi connectivity index (χ0) is 15.2. The van der Waals surface area contributed by atoms with Gasteiger partial charge >= 0.3 is 0 Å². The zero-order valence-corrected chi connectivity index (χ0v) is 12.4. The van der Waals surface area contributed by atoms with Crippen molar-refractivity contribution in [3.05, 3.63) is 35.9 Å². The minimum Gasteiger partial charge on any atom is -0.357 e. The number of hydrogen-bond acceptors (Lipinski definition) is 3. The Morgan fingerprint density at radius 2 is 2.05 bits per heavy atom. The minimum absolute atomic E-state index is 0.0420. The van der Waals surface area contributed by atoms with Gasteiger partial charge in [-0.3, -0.25) is 9.59 Å². The lowest BCUT2D eigenvalue weighted by molar-refractivity contribution is -0.142. The van der Waals surface area contributed by atoms with Crippen molar-refractivity contribution in [1.82, 2.24) is 10.2 Å². The molecule has 1 aromatic rings. The molecule has 5 heteroatoms. The smallest absolute Gasteiger partial charge is 0.242 e. The van der Waals surface area contributed by atoms with Crippen molar-refractivity contribution >= 4 is 11.8 Å². The summed E-state index contributed by atoms with van der Waals surface area (Å²) >= 11 is 0. The Kier molecular flexibility index (Phi) is 5.33. The van der Waals surface area contributed by atoms with Crippen LogP contribution in [0.4, 0.5) is 0 Å². The van der Waals surface area contributed by atoms with Crippen LogP contribution in [0.5, 0.6) is 0 Å². The normalized spacial score (nSPS) is 19.9. The lowest BCUT2D eigenvalue weighted by atomic mass is 9.98. The van der Waals surface area contributed by atoms with Gasteiger partial charge in [0.05, 0.1) is 0 Å². The SMILES string of the molecule is CNC(=O)C1CCCCN1C(=O)CC(N)c1ccccc1. The highest BCUT2D eigenvalue weighted by atomic mass is 16.2. The topological polar surface area (TPSA) is 75.4 Å². The summed E-state index contributed by atoms with van der Waals surface area (Å²) in [7, 11) is 1.61. The van der Waals surface area contributed by atoms with Gasteiger partial charge in [0.1, 0.15) is 6.04 Å². The second-order valence-electron chi connectivity index (χ2n) is 5.43. The van der Waals surface area contributed by atoms with Crippen molar-refractivity contribution in [3.63, 3.8) is 0 Å². The van der Waals surface area contributed by atoms with E-state index in [0.717, 1.165) is 24.8 Å². The first-order chi connectivity index (χ1) is 10.1. The van der Waals surface area contributed by atoms with Gasteiger partial charge in [-0.25, -0.2) is 0 Å². The number of nitrogens with two attached hydrogens (primary N) is 1. The van der Waals surface area contributed by atoms with Crippen LogP contribution in [0.15, 0.2) is 30.3 Å². The van der Waals surface area contributed by atoms with Gasteiger partial charge in [-0.15, -0.1) is 0 Å². The summed E-state index contributed by atoms with van der Waals surface area (Å²) in [4.78, 5) is 26.1. The molecule has 2 atom stereocenters. The van der Waals surface area contributed by atoms with Gasteiger partial charge in [0.2, 0.25) is 11.8 Å². The van der Waals surface area contributed by atoms with Gasteiger partial charge < -0.3 is 16.0 Å². The molecule has 3 N–H and O–H groups in total. The molecule has 2 amide bonds. The van der Waals surface area contributed by atoms with Crippen LogP contribution in [0, 0.1) is 0 Å². The first kappa shape index (κ1) is 15.5. The molecule has 2 rings (SSSR count). The predicted octanol–water partition coefficient (Wildman–Crippen LogP) is 1.20. The molecule has 0 spiro atoms. The Morgan fingerprint density at radius 1 is 1.33 bits per heavy atom. The molecule has 0 aromatic heterocycles. The largest absolute Gasteiger partial charge is 0.357 e. The van der Waals surface area contributed by atoms with E-state index in [-0.39, 0.29) is 30.3 Å².